The molecule has 3 N–H and O–H groups in total. The molecule has 1 aromatic heterocycles. The van der Waals surface area contributed by atoms with E-state index < -0.39 is 0 Å². The number of guanidine groups is 1. The zero-order valence-electron chi connectivity index (χ0n) is 13.4. The van der Waals surface area contributed by atoms with Gasteiger partial charge in [-0.1, -0.05) is 0 Å². The van der Waals surface area contributed by atoms with Crippen molar-refractivity contribution in [3.05, 3.63) is 16.1 Å². The Balaban J connectivity index is 1.49. The Morgan fingerprint density at radius 3 is 3.00 bits per heavy atom. The lowest BCUT2D eigenvalue weighted by Crippen LogP contribution is -2.39. The normalized spacial score (nSPS) is 16.9. The van der Waals surface area contributed by atoms with Crippen LogP contribution in [0.15, 0.2) is 10.4 Å². The second-order valence-corrected chi connectivity index (χ2v) is 6.43. The van der Waals surface area contributed by atoms with Crippen LogP contribution in [0.1, 0.15) is 23.5 Å². The van der Waals surface area contributed by atoms with Crippen molar-refractivity contribution in [3.63, 3.8) is 0 Å². The lowest BCUT2D eigenvalue weighted by molar-refractivity contribution is 0.0376. The van der Waals surface area contributed by atoms with Gasteiger partial charge in [0, 0.05) is 43.7 Å². The van der Waals surface area contributed by atoms with Gasteiger partial charge in [0.1, 0.15) is 0 Å². The van der Waals surface area contributed by atoms with Crippen molar-refractivity contribution in [2.45, 2.75) is 26.2 Å². The molecule has 124 valence electrons. The molecule has 1 aromatic rings. The molecule has 1 aliphatic heterocycles. The first kappa shape index (κ1) is 17.2. The van der Waals surface area contributed by atoms with Crippen LogP contribution in [-0.2, 0) is 11.2 Å². The third kappa shape index (κ3) is 6.72. The summed E-state index contributed by atoms with van der Waals surface area (Å²) in [4.78, 5) is 11.2. The van der Waals surface area contributed by atoms with Crippen molar-refractivity contribution in [2.75, 3.05) is 45.9 Å². The Kier molecular flexibility index (Phi) is 7.62. The predicted octanol–water partition coefficient (Wildman–Crippen LogP) is 1.01. The monoisotopic (exact) mass is 325 g/mol. The molecule has 0 aliphatic carbocycles. The minimum Gasteiger partial charge on any atom is -0.379 e. The molecule has 0 amide bonds. The molecule has 0 spiro atoms. The first-order valence-corrected chi connectivity index (χ1v) is 8.87. The Morgan fingerprint density at radius 2 is 2.27 bits per heavy atom. The van der Waals surface area contributed by atoms with Crippen LogP contribution in [-0.4, -0.2) is 61.8 Å². The number of nitrogens with two attached hydrogens (primary N) is 1. The summed E-state index contributed by atoms with van der Waals surface area (Å²) < 4.78 is 5.33. The Labute approximate surface area is 136 Å². The van der Waals surface area contributed by atoms with Gasteiger partial charge in [-0.15, -0.1) is 11.3 Å². The van der Waals surface area contributed by atoms with E-state index in [1.807, 2.05) is 6.92 Å². The SMILES string of the molecule is Cc1csc(CCCN=C(N)NCCCN2CCOCC2)n1. The minimum absolute atomic E-state index is 0.553. The zero-order chi connectivity index (χ0) is 15.6. The van der Waals surface area contributed by atoms with Crippen molar-refractivity contribution >= 4 is 17.3 Å². The van der Waals surface area contributed by atoms with E-state index in [0.29, 0.717) is 5.96 Å². The highest BCUT2D eigenvalue weighted by atomic mass is 32.1. The summed E-state index contributed by atoms with van der Waals surface area (Å²) in [7, 11) is 0. The number of hydrogen-bond donors (Lipinski definition) is 2. The van der Waals surface area contributed by atoms with E-state index in [1.54, 1.807) is 11.3 Å². The highest BCUT2D eigenvalue weighted by molar-refractivity contribution is 7.09. The van der Waals surface area contributed by atoms with Crippen molar-refractivity contribution in [3.8, 4) is 0 Å². The predicted molar refractivity (Wildman–Crippen MR) is 91.5 cm³/mol. The van der Waals surface area contributed by atoms with Gasteiger partial charge in [-0.3, -0.25) is 9.89 Å². The molecule has 22 heavy (non-hydrogen) atoms. The van der Waals surface area contributed by atoms with E-state index >= 15 is 0 Å². The lowest BCUT2D eigenvalue weighted by Gasteiger charge is -2.26. The van der Waals surface area contributed by atoms with Gasteiger partial charge >= 0.3 is 0 Å². The average molecular weight is 325 g/mol. The molecule has 7 heteroatoms. The number of nitrogens with zero attached hydrogens (tertiary/aromatic N) is 3. The van der Waals surface area contributed by atoms with Crippen LogP contribution in [0.2, 0.25) is 0 Å². The third-order valence-corrected chi connectivity index (χ3v) is 4.58. The molecule has 6 nitrogen and oxygen atoms in total. The van der Waals surface area contributed by atoms with Gasteiger partial charge in [-0.25, -0.2) is 4.98 Å². The van der Waals surface area contributed by atoms with Gasteiger partial charge in [0.05, 0.1) is 18.2 Å². The van der Waals surface area contributed by atoms with Gasteiger partial charge in [0.25, 0.3) is 0 Å². The number of ether oxygens (including phenoxy) is 1. The van der Waals surface area contributed by atoms with Gasteiger partial charge in [0.2, 0.25) is 0 Å². The summed E-state index contributed by atoms with van der Waals surface area (Å²) in [5, 5.41) is 6.45. The van der Waals surface area contributed by atoms with Crippen molar-refractivity contribution < 1.29 is 4.74 Å². The van der Waals surface area contributed by atoms with E-state index in [9.17, 15) is 0 Å². The maximum absolute atomic E-state index is 5.87. The summed E-state index contributed by atoms with van der Waals surface area (Å²) in [6, 6.07) is 0. The highest BCUT2D eigenvalue weighted by Gasteiger charge is 2.08. The van der Waals surface area contributed by atoms with E-state index in [4.69, 9.17) is 10.5 Å². The molecule has 1 saturated heterocycles. The molecule has 1 fully saturated rings. The maximum atomic E-state index is 5.87. The summed E-state index contributed by atoms with van der Waals surface area (Å²) in [6.45, 7) is 8.54. The summed E-state index contributed by atoms with van der Waals surface area (Å²) in [5.41, 5.74) is 6.97. The molecule has 0 aromatic carbocycles. The van der Waals surface area contributed by atoms with Gasteiger partial charge in [-0.2, -0.15) is 0 Å². The number of aryl methyl sites for hydroxylation is 2. The fourth-order valence-electron chi connectivity index (χ4n) is 2.35. The van der Waals surface area contributed by atoms with Crippen molar-refractivity contribution in [1.82, 2.24) is 15.2 Å². The van der Waals surface area contributed by atoms with Gasteiger partial charge < -0.3 is 15.8 Å². The second-order valence-electron chi connectivity index (χ2n) is 5.49. The van der Waals surface area contributed by atoms with Gasteiger partial charge in [0.15, 0.2) is 5.96 Å². The number of rotatable bonds is 8. The average Bonchev–Trinajstić information content (AvgIpc) is 2.95. The number of thiazole rings is 1. The zero-order valence-corrected chi connectivity index (χ0v) is 14.2. The second kappa shape index (κ2) is 9.76. The Hall–Kier alpha value is -1.18. The van der Waals surface area contributed by atoms with E-state index in [1.165, 1.54) is 5.01 Å². The minimum atomic E-state index is 0.553. The molecular formula is C15H27N5OS. The number of aliphatic imine (C=N–C) groups is 1. The first-order valence-electron chi connectivity index (χ1n) is 7.99. The lowest BCUT2D eigenvalue weighted by atomic mass is 10.3. The molecule has 0 unspecified atom stereocenters. The molecular weight excluding hydrogens is 298 g/mol. The van der Waals surface area contributed by atoms with Crippen LogP contribution in [0.4, 0.5) is 0 Å². The van der Waals surface area contributed by atoms with Crippen LogP contribution < -0.4 is 11.1 Å². The molecule has 0 saturated carbocycles. The summed E-state index contributed by atoms with van der Waals surface area (Å²) in [6.07, 6.45) is 3.05. The smallest absolute Gasteiger partial charge is 0.188 e. The highest BCUT2D eigenvalue weighted by Crippen LogP contribution is 2.10. The first-order chi connectivity index (χ1) is 10.7. The fraction of sp³-hybridized carbons (Fsp3) is 0.733. The third-order valence-electron chi connectivity index (χ3n) is 3.56. The van der Waals surface area contributed by atoms with Crippen LogP contribution >= 0.6 is 11.3 Å². The van der Waals surface area contributed by atoms with Crippen LogP contribution in [0.5, 0.6) is 0 Å². The fourth-order valence-corrected chi connectivity index (χ4v) is 3.17. The molecule has 2 rings (SSSR count). The maximum Gasteiger partial charge on any atom is 0.188 e. The van der Waals surface area contributed by atoms with Crippen molar-refractivity contribution in [1.29, 1.82) is 0 Å². The molecule has 2 heterocycles. The summed E-state index contributed by atoms with van der Waals surface area (Å²) in [5.74, 6) is 0.553. The molecule has 0 radical (unpaired) electrons. The topological polar surface area (TPSA) is 75.8 Å². The summed E-state index contributed by atoms with van der Waals surface area (Å²) >= 11 is 1.72. The number of aromatic nitrogens is 1. The Morgan fingerprint density at radius 1 is 1.45 bits per heavy atom. The number of nitrogens with one attached hydrogen (secondary N) is 1. The van der Waals surface area contributed by atoms with E-state index in [2.05, 4.69) is 25.6 Å². The molecule has 0 atom stereocenters. The standard InChI is InChI=1S/C15H27N5OS/c1-13-12-22-14(19-13)4-2-5-17-15(16)18-6-3-7-20-8-10-21-11-9-20/h12H,2-11H2,1H3,(H3,16,17,18). The van der Waals surface area contributed by atoms with Crippen molar-refractivity contribution in [2.24, 2.45) is 10.7 Å². The largest absolute Gasteiger partial charge is 0.379 e. The quantitative estimate of drug-likeness (QED) is 0.424. The number of hydrogen-bond acceptors (Lipinski definition) is 5. The van der Waals surface area contributed by atoms with Crippen LogP contribution in [0, 0.1) is 6.92 Å². The van der Waals surface area contributed by atoms with Crippen LogP contribution in [0.3, 0.4) is 0 Å². The molecule has 0 bridgehead atoms. The Bertz CT molecular complexity index is 457. The van der Waals surface area contributed by atoms with E-state index in [0.717, 1.165) is 70.9 Å². The van der Waals surface area contributed by atoms with E-state index in [-0.39, 0.29) is 0 Å². The van der Waals surface area contributed by atoms with Crippen LogP contribution in [0.25, 0.3) is 0 Å². The molecule has 1 aliphatic rings. The number of morpholine rings is 1. The van der Waals surface area contributed by atoms with Gasteiger partial charge in [-0.05, 0) is 26.3 Å².